The lowest BCUT2D eigenvalue weighted by molar-refractivity contribution is 0.306. The fraction of sp³-hybridized carbons (Fsp3) is 0.125. The van der Waals surface area contributed by atoms with Gasteiger partial charge >= 0.3 is 0 Å². The first kappa shape index (κ1) is 14.0. The van der Waals surface area contributed by atoms with Crippen molar-refractivity contribution in [3.8, 4) is 5.75 Å². The largest absolute Gasteiger partial charge is 0.489 e. The molecule has 5 heteroatoms. The summed E-state index contributed by atoms with van der Waals surface area (Å²) in [7, 11) is 0. The molecule has 0 unspecified atom stereocenters. The molecule has 0 saturated heterocycles. The molecule has 0 aliphatic heterocycles. The molecule has 0 radical (unpaired) electrons. The molecule has 0 saturated carbocycles. The SMILES string of the molecule is NCc1sc2cccc(F)c2c1COc1ccc(F)cc1. The summed E-state index contributed by atoms with van der Waals surface area (Å²) in [4.78, 5) is 0.900. The zero-order valence-corrected chi connectivity index (χ0v) is 11.9. The van der Waals surface area contributed by atoms with Gasteiger partial charge in [0.1, 0.15) is 24.0 Å². The molecule has 3 aromatic rings. The van der Waals surface area contributed by atoms with Gasteiger partial charge in [0, 0.05) is 27.1 Å². The van der Waals surface area contributed by atoms with Crippen molar-refractivity contribution in [1.82, 2.24) is 0 Å². The molecule has 0 amide bonds. The van der Waals surface area contributed by atoms with Crippen molar-refractivity contribution in [2.45, 2.75) is 13.2 Å². The molecule has 21 heavy (non-hydrogen) atoms. The van der Waals surface area contributed by atoms with Crippen molar-refractivity contribution < 1.29 is 13.5 Å². The number of nitrogens with two attached hydrogens (primary N) is 1. The Bertz CT molecular complexity index is 768. The van der Waals surface area contributed by atoms with Crippen LogP contribution in [0.4, 0.5) is 8.78 Å². The van der Waals surface area contributed by atoms with Crippen LogP contribution < -0.4 is 10.5 Å². The summed E-state index contributed by atoms with van der Waals surface area (Å²) in [5.74, 6) is -0.0618. The average molecular weight is 305 g/mol. The number of hydrogen-bond donors (Lipinski definition) is 1. The Balaban J connectivity index is 1.94. The van der Waals surface area contributed by atoms with Crippen molar-refractivity contribution in [1.29, 1.82) is 0 Å². The Labute approximate surface area is 124 Å². The maximum atomic E-state index is 14.0. The van der Waals surface area contributed by atoms with Crippen LogP contribution in [0, 0.1) is 11.6 Å². The van der Waals surface area contributed by atoms with Gasteiger partial charge in [0.25, 0.3) is 0 Å². The van der Waals surface area contributed by atoms with Gasteiger partial charge < -0.3 is 10.5 Å². The van der Waals surface area contributed by atoms with Gasteiger partial charge in [0.05, 0.1) is 0 Å². The quantitative estimate of drug-likeness (QED) is 0.783. The van der Waals surface area contributed by atoms with Crippen LogP contribution in [0.2, 0.25) is 0 Å². The molecule has 3 rings (SSSR count). The van der Waals surface area contributed by atoms with Crippen LogP contribution in [-0.2, 0) is 13.2 Å². The highest BCUT2D eigenvalue weighted by atomic mass is 32.1. The highest BCUT2D eigenvalue weighted by Gasteiger charge is 2.15. The number of ether oxygens (including phenoxy) is 1. The second-order valence-corrected chi connectivity index (χ2v) is 5.70. The van der Waals surface area contributed by atoms with Crippen LogP contribution in [0.25, 0.3) is 10.1 Å². The number of benzene rings is 2. The van der Waals surface area contributed by atoms with E-state index in [1.54, 1.807) is 18.2 Å². The van der Waals surface area contributed by atoms with Gasteiger partial charge in [-0.1, -0.05) is 6.07 Å². The summed E-state index contributed by atoms with van der Waals surface area (Å²) in [5, 5.41) is 0.560. The Morgan fingerprint density at radius 2 is 1.81 bits per heavy atom. The van der Waals surface area contributed by atoms with Crippen LogP contribution in [0.1, 0.15) is 10.4 Å². The minimum absolute atomic E-state index is 0.207. The van der Waals surface area contributed by atoms with E-state index in [4.69, 9.17) is 10.5 Å². The van der Waals surface area contributed by atoms with E-state index in [9.17, 15) is 8.78 Å². The smallest absolute Gasteiger partial charge is 0.132 e. The van der Waals surface area contributed by atoms with Crippen LogP contribution in [0.15, 0.2) is 42.5 Å². The summed E-state index contributed by atoms with van der Waals surface area (Å²) in [6.45, 7) is 0.542. The average Bonchev–Trinajstić information content (AvgIpc) is 2.86. The van der Waals surface area contributed by atoms with Crippen molar-refractivity contribution in [3.63, 3.8) is 0 Å². The first-order valence-corrected chi connectivity index (χ1v) is 7.28. The molecule has 0 atom stereocenters. The summed E-state index contributed by atoms with van der Waals surface area (Å²) in [6, 6.07) is 10.7. The van der Waals surface area contributed by atoms with Crippen LogP contribution >= 0.6 is 11.3 Å². The van der Waals surface area contributed by atoms with E-state index in [-0.39, 0.29) is 18.2 Å². The lowest BCUT2D eigenvalue weighted by atomic mass is 10.1. The maximum Gasteiger partial charge on any atom is 0.132 e. The van der Waals surface area contributed by atoms with Gasteiger partial charge in [-0.25, -0.2) is 8.78 Å². The zero-order valence-electron chi connectivity index (χ0n) is 11.1. The number of thiophene rings is 1. The van der Waals surface area contributed by atoms with Crippen molar-refractivity contribution >= 4 is 21.4 Å². The molecular formula is C16H13F2NOS. The summed E-state index contributed by atoms with van der Waals surface area (Å²) in [6.07, 6.45) is 0. The van der Waals surface area contributed by atoms with E-state index in [0.29, 0.717) is 17.7 Å². The van der Waals surface area contributed by atoms with Crippen molar-refractivity contribution in [2.24, 2.45) is 5.73 Å². The Morgan fingerprint density at radius 3 is 2.52 bits per heavy atom. The predicted octanol–water partition coefficient (Wildman–Crippen LogP) is 4.22. The van der Waals surface area contributed by atoms with E-state index >= 15 is 0 Å². The number of fused-ring (bicyclic) bond motifs is 1. The third-order valence-corrected chi connectivity index (χ3v) is 4.45. The fourth-order valence-electron chi connectivity index (χ4n) is 2.22. The van der Waals surface area contributed by atoms with Gasteiger partial charge in [-0.05, 0) is 36.4 Å². The number of hydrogen-bond acceptors (Lipinski definition) is 3. The van der Waals surface area contributed by atoms with E-state index in [1.165, 1.54) is 29.5 Å². The first-order valence-electron chi connectivity index (χ1n) is 6.46. The standard InChI is InChI=1S/C16H13F2NOS/c17-10-4-6-11(7-5-10)20-9-12-15(8-19)21-14-3-1-2-13(18)16(12)14/h1-7H,8-9,19H2. The highest BCUT2D eigenvalue weighted by molar-refractivity contribution is 7.19. The molecule has 0 spiro atoms. The maximum absolute atomic E-state index is 14.0. The fourth-order valence-corrected chi connectivity index (χ4v) is 3.32. The summed E-state index contributed by atoms with van der Waals surface area (Å²) >= 11 is 1.47. The molecule has 2 N–H and O–H groups in total. The molecule has 108 valence electrons. The van der Waals surface area contributed by atoms with Gasteiger partial charge in [-0.3, -0.25) is 0 Å². The van der Waals surface area contributed by atoms with Gasteiger partial charge in [-0.15, -0.1) is 11.3 Å². The molecule has 2 aromatic carbocycles. The van der Waals surface area contributed by atoms with Crippen LogP contribution in [0.3, 0.4) is 0 Å². The Kier molecular flexibility index (Phi) is 3.86. The van der Waals surface area contributed by atoms with Crippen LogP contribution in [-0.4, -0.2) is 0 Å². The van der Waals surface area contributed by atoms with Gasteiger partial charge in [0.15, 0.2) is 0 Å². The predicted molar refractivity (Wildman–Crippen MR) is 80.4 cm³/mol. The van der Waals surface area contributed by atoms with E-state index in [1.807, 2.05) is 6.07 Å². The van der Waals surface area contributed by atoms with Crippen molar-refractivity contribution in [3.05, 3.63) is 64.5 Å². The topological polar surface area (TPSA) is 35.2 Å². The molecule has 2 nitrogen and oxygen atoms in total. The number of rotatable bonds is 4. The lowest BCUT2D eigenvalue weighted by Gasteiger charge is -2.07. The molecule has 0 bridgehead atoms. The molecular weight excluding hydrogens is 292 g/mol. The normalized spacial score (nSPS) is 11.0. The summed E-state index contributed by atoms with van der Waals surface area (Å²) in [5.41, 5.74) is 6.50. The van der Waals surface area contributed by atoms with E-state index < -0.39 is 0 Å². The van der Waals surface area contributed by atoms with Crippen LogP contribution in [0.5, 0.6) is 5.75 Å². The minimum atomic E-state index is -0.322. The number of halogens is 2. The third kappa shape index (κ3) is 2.75. The lowest BCUT2D eigenvalue weighted by Crippen LogP contribution is -2.02. The minimum Gasteiger partial charge on any atom is -0.489 e. The van der Waals surface area contributed by atoms with E-state index in [2.05, 4.69) is 0 Å². The Hall–Kier alpha value is -1.98. The zero-order chi connectivity index (χ0) is 14.8. The molecule has 1 aromatic heterocycles. The molecule has 0 aliphatic rings. The van der Waals surface area contributed by atoms with E-state index in [0.717, 1.165) is 15.1 Å². The second-order valence-electron chi connectivity index (χ2n) is 4.56. The third-order valence-electron chi connectivity index (χ3n) is 3.23. The Morgan fingerprint density at radius 1 is 1.05 bits per heavy atom. The second kappa shape index (κ2) is 5.79. The molecule has 1 heterocycles. The van der Waals surface area contributed by atoms with Gasteiger partial charge in [-0.2, -0.15) is 0 Å². The van der Waals surface area contributed by atoms with Crippen molar-refractivity contribution in [2.75, 3.05) is 0 Å². The molecule has 0 fully saturated rings. The monoisotopic (exact) mass is 305 g/mol. The highest BCUT2D eigenvalue weighted by Crippen LogP contribution is 2.33. The summed E-state index contributed by atoms with van der Waals surface area (Å²) < 4.78 is 33.4. The molecule has 0 aliphatic carbocycles. The first-order chi connectivity index (χ1) is 10.2. The van der Waals surface area contributed by atoms with Gasteiger partial charge in [0.2, 0.25) is 0 Å².